The van der Waals surface area contributed by atoms with Crippen LogP contribution in [0.4, 0.5) is 13.2 Å². The van der Waals surface area contributed by atoms with E-state index in [4.69, 9.17) is 10.2 Å². The fraction of sp³-hybridized carbons (Fsp3) is 0.400. The summed E-state index contributed by atoms with van der Waals surface area (Å²) in [5, 5.41) is 19.7. The molecule has 1 aromatic heterocycles. The van der Waals surface area contributed by atoms with E-state index in [9.17, 15) is 18.0 Å². The fourth-order valence-corrected chi connectivity index (χ4v) is 1.10. The van der Waals surface area contributed by atoms with Crippen LogP contribution in [0.1, 0.15) is 16.1 Å². The van der Waals surface area contributed by atoms with E-state index in [0.717, 1.165) is 12.1 Å². The van der Waals surface area contributed by atoms with Crippen LogP contribution in [0.25, 0.3) is 0 Å². The molecule has 5 nitrogen and oxygen atoms in total. The van der Waals surface area contributed by atoms with Crippen LogP contribution in [0.2, 0.25) is 0 Å². The average Bonchev–Trinajstić information content (AvgIpc) is 2.34. The standard InChI is InChI=1S/C10H11F3N2O3/c11-10(12,13)6-1-2-8(14-3-6)9(18)15-7(4-16)5-17/h1-3,7,16-17H,4-5H2,(H,15,18). The lowest BCUT2D eigenvalue weighted by Crippen LogP contribution is -2.40. The Kier molecular flexibility index (Phi) is 4.62. The Morgan fingerprint density at radius 3 is 2.33 bits per heavy atom. The maximum Gasteiger partial charge on any atom is 0.417 e. The van der Waals surface area contributed by atoms with Gasteiger partial charge in [-0.1, -0.05) is 0 Å². The molecule has 0 aliphatic heterocycles. The van der Waals surface area contributed by atoms with E-state index >= 15 is 0 Å². The number of hydrogen-bond acceptors (Lipinski definition) is 4. The van der Waals surface area contributed by atoms with Crippen molar-refractivity contribution in [2.45, 2.75) is 12.2 Å². The van der Waals surface area contributed by atoms with Crippen LogP contribution >= 0.6 is 0 Å². The van der Waals surface area contributed by atoms with E-state index in [0.29, 0.717) is 6.20 Å². The Morgan fingerprint density at radius 2 is 1.94 bits per heavy atom. The number of aliphatic hydroxyl groups excluding tert-OH is 2. The molecule has 0 radical (unpaired) electrons. The maximum atomic E-state index is 12.2. The number of nitrogens with zero attached hydrogens (tertiary/aromatic N) is 1. The minimum Gasteiger partial charge on any atom is -0.394 e. The van der Waals surface area contributed by atoms with Crippen molar-refractivity contribution >= 4 is 5.91 Å². The SMILES string of the molecule is O=C(NC(CO)CO)c1ccc(C(F)(F)F)cn1. The van der Waals surface area contributed by atoms with Crippen molar-refractivity contribution in [1.29, 1.82) is 0 Å². The lowest BCUT2D eigenvalue weighted by atomic mass is 10.2. The van der Waals surface area contributed by atoms with Gasteiger partial charge in [-0.05, 0) is 12.1 Å². The summed E-state index contributed by atoms with van der Waals surface area (Å²) in [5.41, 5.74) is -1.19. The minimum absolute atomic E-state index is 0.227. The Morgan fingerprint density at radius 1 is 1.33 bits per heavy atom. The molecule has 0 aliphatic rings. The number of pyridine rings is 1. The van der Waals surface area contributed by atoms with E-state index in [1.807, 2.05) is 0 Å². The predicted octanol–water partition coefficient (Wildman–Crippen LogP) is 0.183. The normalized spacial score (nSPS) is 11.7. The van der Waals surface area contributed by atoms with Gasteiger partial charge in [0.2, 0.25) is 0 Å². The molecule has 0 spiro atoms. The molecule has 8 heteroatoms. The second-order valence-corrected chi connectivity index (χ2v) is 3.47. The van der Waals surface area contributed by atoms with Gasteiger partial charge in [-0.25, -0.2) is 0 Å². The molecule has 0 atom stereocenters. The highest BCUT2D eigenvalue weighted by atomic mass is 19.4. The monoisotopic (exact) mass is 264 g/mol. The van der Waals surface area contributed by atoms with Gasteiger partial charge in [-0.3, -0.25) is 9.78 Å². The largest absolute Gasteiger partial charge is 0.417 e. The topological polar surface area (TPSA) is 82.5 Å². The third-order valence-corrected chi connectivity index (χ3v) is 2.10. The highest BCUT2D eigenvalue weighted by molar-refractivity contribution is 5.92. The average molecular weight is 264 g/mol. The van der Waals surface area contributed by atoms with Crippen LogP contribution in [-0.4, -0.2) is 40.4 Å². The number of alkyl halides is 3. The lowest BCUT2D eigenvalue weighted by Gasteiger charge is -2.13. The van der Waals surface area contributed by atoms with Crippen LogP contribution in [0.3, 0.4) is 0 Å². The second-order valence-electron chi connectivity index (χ2n) is 3.47. The van der Waals surface area contributed by atoms with Crippen molar-refractivity contribution in [2.75, 3.05) is 13.2 Å². The Labute approximate surface area is 100 Å². The van der Waals surface area contributed by atoms with Crippen molar-refractivity contribution in [3.63, 3.8) is 0 Å². The number of aromatic nitrogens is 1. The zero-order chi connectivity index (χ0) is 13.8. The molecule has 3 N–H and O–H groups in total. The third-order valence-electron chi connectivity index (χ3n) is 2.10. The van der Waals surface area contributed by atoms with Gasteiger partial charge < -0.3 is 15.5 Å². The van der Waals surface area contributed by atoms with Crippen molar-refractivity contribution in [1.82, 2.24) is 10.3 Å². The number of aliphatic hydroxyl groups is 2. The number of nitrogens with one attached hydrogen (secondary N) is 1. The zero-order valence-corrected chi connectivity index (χ0v) is 9.11. The number of carbonyl (C=O) groups excluding carboxylic acids is 1. The van der Waals surface area contributed by atoms with Gasteiger partial charge >= 0.3 is 6.18 Å². The zero-order valence-electron chi connectivity index (χ0n) is 9.11. The molecule has 0 aliphatic carbocycles. The molecule has 0 fully saturated rings. The highest BCUT2D eigenvalue weighted by Gasteiger charge is 2.31. The minimum atomic E-state index is -4.51. The highest BCUT2D eigenvalue weighted by Crippen LogP contribution is 2.28. The fourth-order valence-electron chi connectivity index (χ4n) is 1.10. The van der Waals surface area contributed by atoms with Gasteiger partial charge in [0.1, 0.15) is 5.69 Å². The molecule has 0 unspecified atom stereocenters. The number of rotatable bonds is 4. The molecular formula is C10H11F3N2O3. The van der Waals surface area contributed by atoms with E-state index < -0.39 is 36.9 Å². The smallest absolute Gasteiger partial charge is 0.394 e. The summed E-state index contributed by atoms with van der Waals surface area (Å²) in [6.45, 7) is -0.967. The molecule has 100 valence electrons. The summed E-state index contributed by atoms with van der Waals surface area (Å²) >= 11 is 0. The Hall–Kier alpha value is -1.67. The quantitative estimate of drug-likeness (QED) is 0.724. The van der Waals surface area contributed by atoms with Crippen LogP contribution in [-0.2, 0) is 6.18 Å². The first-order valence-corrected chi connectivity index (χ1v) is 4.94. The van der Waals surface area contributed by atoms with Crippen LogP contribution in [0.5, 0.6) is 0 Å². The summed E-state index contributed by atoms with van der Waals surface area (Å²) in [6, 6.07) is 0.778. The summed E-state index contributed by atoms with van der Waals surface area (Å²) in [7, 11) is 0. The van der Waals surface area contributed by atoms with Crippen LogP contribution in [0, 0.1) is 0 Å². The van der Waals surface area contributed by atoms with Crippen LogP contribution in [0.15, 0.2) is 18.3 Å². The molecule has 0 saturated heterocycles. The van der Waals surface area contributed by atoms with Gasteiger partial charge in [-0.15, -0.1) is 0 Å². The number of halogens is 3. The molecule has 1 heterocycles. The summed E-state index contributed by atoms with van der Waals surface area (Å²) in [6.07, 6.45) is -3.97. The van der Waals surface area contributed by atoms with Crippen molar-refractivity contribution < 1.29 is 28.2 Å². The molecule has 0 saturated carbocycles. The van der Waals surface area contributed by atoms with Crippen molar-refractivity contribution in [2.24, 2.45) is 0 Å². The molecule has 1 rings (SSSR count). The number of amides is 1. The van der Waals surface area contributed by atoms with Crippen LogP contribution < -0.4 is 5.32 Å². The van der Waals surface area contributed by atoms with Gasteiger partial charge in [0.05, 0.1) is 24.8 Å². The van der Waals surface area contributed by atoms with Gasteiger partial charge in [0.25, 0.3) is 5.91 Å². The third kappa shape index (κ3) is 3.67. The summed E-state index contributed by atoms with van der Waals surface area (Å²) in [5.74, 6) is -0.767. The first-order chi connectivity index (χ1) is 8.38. The van der Waals surface area contributed by atoms with E-state index in [1.165, 1.54) is 0 Å². The van der Waals surface area contributed by atoms with Crippen molar-refractivity contribution in [3.05, 3.63) is 29.6 Å². The molecule has 18 heavy (non-hydrogen) atoms. The molecule has 0 bridgehead atoms. The van der Waals surface area contributed by atoms with E-state index in [2.05, 4.69) is 10.3 Å². The van der Waals surface area contributed by atoms with Crippen molar-refractivity contribution in [3.8, 4) is 0 Å². The van der Waals surface area contributed by atoms with Gasteiger partial charge in [-0.2, -0.15) is 13.2 Å². The predicted molar refractivity (Wildman–Crippen MR) is 54.7 cm³/mol. The molecular weight excluding hydrogens is 253 g/mol. The Bertz CT molecular complexity index is 402. The lowest BCUT2D eigenvalue weighted by molar-refractivity contribution is -0.137. The number of carbonyl (C=O) groups is 1. The molecule has 1 aromatic rings. The molecule has 0 aromatic carbocycles. The van der Waals surface area contributed by atoms with Gasteiger partial charge in [0.15, 0.2) is 0 Å². The first-order valence-electron chi connectivity index (χ1n) is 4.94. The van der Waals surface area contributed by atoms with E-state index in [-0.39, 0.29) is 5.69 Å². The van der Waals surface area contributed by atoms with Gasteiger partial charge in [0, 0.05) is 6.20 Å². The second kappa shape index (κ2) is 5.78. The first kappa shape index (κ1) is 14.4. The molecule has 1 amide bonds. The summed E-state index contributed by atoms with van der Waals surface area (Å²) < 4.78 is 36.7. The maximum absolute atomic E-state index is 12.2. The number of hydrogen-bond donors (Lipinski definition) is 3. The van der Waals surface area contributed by atoms with E-state index in [1.54, 1.807) is 0 Å². The summed E-state index contributed by atoms with van der Waals surface area (Å²) in [4.78, 5) is 14.8. The Balaban J connectivity index is 2.76.